The Hall–Kier alpha value is -1.79. The van der Waals surface area contributed by atoms with Crippen LogP contribution in [0, 0.1) is 5.82 Å². The van der Waals surface area contributed by atoms with Gasteiger partial charge in [0.1, 0.15) is 5.82 Å². The van der Waals surface area contributed by atoms with Crippen LogP contribution in [-0.4, -0.2) is 47.6 Å². The van der Waals surface area contributed by atoms with Gasteiger partial charge in [-0.2, -0.15) is 0 Å². The van der Waals surface area contributed by atoms with Gasteiger partial charge in [-0.05, 0) is 31.0 Å². The highest BCUT2D eigenvalue weighted by Crippen LogP contribution is 2.30. The first-order valence-corrected chi connectivity index (χ1v) is 6.62. The van der Waals surface area contributed by atoms with Crippen LogP contribution in [0.25, 0.3) is 0 Å². The van der Waals surface area contributed by atoms with E-state index in [0.717, 1.165) is 25.5 Å². The SMILES string of the molecule is O=C1C(=O)N(CN2CCC[C@H](O)C2)c2ccc(F)cc21. The van der Waals surface area contributed by atoms with Gasteiger partial charge < -0.3 is 5.11 Å². The molecule has 0 bridgehead atoms. The van der Waals surface area contributed by atoms with Gasteiger partial charge in [-0.15, -0.1) is 0 Å². The van der Waals surface area contributed by atoms with Gasteiger partial charge in [0, 0.05) is 13.1 Å². The lowest BCUT2D eigenvalue weighted by Gasteiger charge is -2.33. The number of Topliss-reactive ketones (excluding diaryl/α,β-unsaturated/α-hetero) is 1. The zero-order valence-electron chi connectivity index (χ0n) is 10.9. The van der Waals surface area contributed by atoms with Crippen LogP contribution in [0.15, 0.2) is 18.2 Å². The summed E-state index contributed by atoms with van der Waals surface area (Å²) in [5, 5.41) is 9.64. The Morgan fingerprint density at radius 3 is 2.90 bits per heavy atom. The van der Waals surface area contributed by atoms with Crippen LogP contribution in [-0.2, 0) is 4.79 Å². The van der Waals surface area contributed by atoms with Crippen LogP contribution in [0.3, 0.4) is 0 Å². The van der Waals surface area contributed by atoms with Crippen molar-refractivity contribution in [2.75, 3.05) is 24.7 Å². The summed E-state index contributed by atoms with van der Waals surface area (Å²) in [6, 6.07) is 3.79. The molecule has 6 heteroatoms. The van der Waals surface area contributed by atoms with Crippen molar-refractivity contribution in [2.24, 2.45) is 0 Å². The molecule has 0 spiro atoms. The molecule has 1 amide bonds. The number of hydrogen-bond acceptors (Lipinski definition) is 4. The number of benzene rings is 1. The lowest BCUT2D eigenvalue weighted by Crippen LogP contribution is -2.46. The number of rotatable bonds is 2. The molecular formula is C14H15FN2O3. The van der Waals surface area contributed by atoms with Crippen LogP contribution < -0.4 is 4.90 Å². The van der Waals surface area contributed by atoms with Crippen molar-refractivity contribution in [3.8, 4) is 0 Å². The maximum Gasteiger partial charge on any atom is 0.300 e. The molecule has 1 fully saturated rings. The summed E-state index contributed by atoms with van der Waals surface area (Å²) in [4.78, 5) is 27.1. The van der Waals surface area contributed by atoms with E-state index in [-0.39, 0.29) is 12.2 Å². The van der Waals surface area contributed by atoms with E-state index in [2.05, 4.69) is 0 Å². The van der Waals surface area contributed by atoms with E-state index in [9.17, 15) is 19.1 Å². The second-order valence-electron chi connectivity index (χ2n) is 5.24. The number of nitrogens with zero attached hydrogens (tertiary/aromatic N) is 2. The average Bonchev–Trinajstić information content (AvgIpc) is 2.64. The topological polar surface area (TPSA) is 60.9 Å². The minimum atomic E-state index is -0.669. The van der Waals surface area contributed by atoms with Crippen molar-refractivity contribution in [2.45, 2.75) is 18.9 Å². The largest absolute Gasteiger partial charge is 0.392 e. The summed E-state index contributed by atoms with van der Waals surface area (Å²) in [5.41, 5.74) is 0.564. The molecule has 1 atom stereocenters. The molecule has 0 unspecified atom stereocenters. The number of aliphatic hydroxyl groups excluding tert-OH is 1. The van der Waals surface area contributed by atoms with Gasteiger partial charge in [0.15, 0.2) is 0 Å². The fourth-order valence-corrected chi connectivity index (χ4v) is 2.77. The lowest BCUT2D eigenvalue weighted by atomic mass is 10.1. The molecule has 2 heterocycles. The van der Waals surface area contributed by atoms with E-state index in [0.29, 0.717) is 12.2 Å². The Morgan fingerprint density at radius 2 is 2.15 bits per heavy atom. The second kappa shape index (κ2) is 4.96. The third-order valence-corrected chi connectivity index (χ3v) is 3.76. The molecule has 106 valence electrons. The fourth-order valence-electron chi connectivity index (χ4n) is 2.77. The number of hydrogen-bond donors (Lipinski definition) is 1. The molecule has 0 aliphatic carbocycles. The molecule has 20 heavy (non-hydrogen) atoms. The minimum absolute atomic E-state index is 0.118. The van der Waals surface area contributed by atoms with Crippen molar-refractivity contribution >= 4 is 17.4 Å². The Kier molecular flexibility index (Phi) is 3.27. The molecule has 0 radical (unpaired) electrons. The van der Waals surface area contributed by atoms with Gasteiger partial charge in [0.05, 0.1) is 24.0 Å². The highest BCUT2D eigenvalue weighted by Gasteiger charge is 2.37. The van der Waals surface area contributed by atoms with E-state index in [1.165, 1.54) is 17.0 Å². The van der Waals surface area contributed by atoms with Crippen molar-refractivity contribution < 1.29 is 19.1 Å². The molecule has 5 nitrogen and oxygen atoms in total. The van der Waals surface area contributed by atoms with Crippen LogP contribution >= 0.6 is 0 Å². The number of amides is 1. The predicted molar refractivity (Wildman–Crippen MR) is 69.9 cm³/mol. The normalized spacial score (nSPS) is 23.3. The molecule has 0 aromatic heterocycles. The first kappa shape index (κ1) is 13.2. The Labute approximate surface area is 115 Å². The molecule has 2 aliphatic heterocycles. The van der Waals surface area contributed by atoms with Gasteiger partial charge in [0.25, 0.3) is 5.78 Å². The van der Waals surface area contributed by atoms with Crippen LogP contribution in [0.4, 0.5) is 10.1 Å². The van der Waals surface area contributed by atoms with E-state index in [1.54, 1.807) is 0 Å². The summed E-state index contributed by atoms with van der Waals surface area (Å²) in [6.07, 6.45) is 1.21. The first-order valence-electron chi connectivity index (χ1n) is 6.62. The van der Waals surface area contributed by atoms with Crippen molar-refractivity contribution in [1.29, 1.82) is 0 Å². The van der Waals surface area contributed by atoms with Gasteiger partial charge in [-0.1, -0.05) is 0 Å². The average molecular weight is 278 g/mol. The maximum absolute atomic E-state index is 13.2. The van der Waals surface area contributed by atoms with E-state index >= 15 is 0 Å². The number of anilines is 1. The molecule has 1 aromatic rings. The Balaban J connectivity index is 1.84. The van der Waals surface area contributed by atoms with Gasteiger partial charge in [-0.25, -0.2) is 4.39 Å². The zero-order valence-corrected chi connectivity index (χ0v) is 10.9. The number of fused-ring (bicyclic) bond motifs is 1. The van der Waals surface area contributed by atoms with Crippen molar-refractivity contribution in [3.05, 3.63) is 29.6 Å². The van der Waals surface area contributed by atoms with Crippen molar-refractivity contribution in [1.82, 2.24) is 4.90 Å². The first-order chi connectivity index (χ1) is 9.56. The molecule has 1 saturated heterocycles. The summed E-state index contributed by atoms with van der Waals surface area (Å²) in [7, 11) is 0. The quantitative estimate of drug-likeness (QED) is 0.812. The van der Waals surface area contributed by atoms with Gasteiger partial charge >= 0.3 is 5.91 Å². The number of aliphatic hydroxyl groups is 1. The van der Waals surface area contributed by atoms with Gasteiger partial charge in [0.2, 0.25) is 0 Å². The van der Waals surface area contributed by atoms with E-state index in [1.807, 2.05) is 4.90 Å². The number of carbonyl (C=O) groups is 2. The molecule has 3 rings (SSSR count). The van der Waals surface area contributed by atoms with Crippen LogP contribution in [0.1, 0.15) is 23.2 Å². The third kappa shape index (κ3) is 2.21. The number of halogens is 1. The molecule has 1 N–H and O–H groups in total. The van der Waals surface area contributed by atoms with Crippen molar-refractivity contribution in [3.63, 3.8) is 0 Å². The Morgan fingerprint density at radius 1 is 1.35 bits per heavy atom. The van der Waals surface area contributed by atoms with Crippen LogP contribution in [0.2, 0.25) is 0 Å². The standard InChI is InChI=1S/C14H15FN2O3/c15-9-3-4-12-11(6-9)13(19)14(20)17(12)8-16-5-1-2-10(18)7-16/h3-4,6,10,18H,1-2,5,7-8H2/t10-/m0/s1. The minimum Gasteiger partial charge on any atom is -0.392 e. The predicted octanol–water partition coefficient (Wildman–Crippen LogP) is 0.769. The molecule has 1 aromatic carbocycles. The highest BCUT2D eigenvalue weighted by atomic mass is 19.1. The molecule has 2 aliphatic rings. The number of ketones is 1. The zero-order chi connectivity index (χ0) is 14.3. The second-order valence-corrected chi connectivity index (χ2v) is 5.24. The van der Waals surface area contributed by atoms with Gasteiger partial charge in [-0.3, -0.25) is 19.4 Å². The molecular weight excluding hydrogens is 263 g/mol. The Bertz CT molecular complexity index is 576. The number of piperidine rings is 1. The highest BCUT2D eigenvalue weighted by molar-refractivity contribution is 6.52. The third-order valence-electron chi connectivity index (χ3n) is 3.76. The number of likely N-dealkylation sites (tertiary alicyclic amines) is 1. The monoisotopic (exact) mass is 278 g/mol. The fraction of sp³-hybridized carbons (Fsp3) is 0.429. The molecule has 0 saturated carbocycles. The van der Waals surface area contributed by atoms with E-state index < -0.39 is 23.6 Å². The summed E-state index contributed by atoms with van der Waals surface area (Å²) in [5.74, 6) is -1.83. The van der Waals surface area contributed by atoms with E-state index in [4.69, 9.17) is 0 Å². The summed E-state index contributed by atoms with van der Waals surface area (Å²) < 4.78 is 13.2. The lowest BCUT2D eigenvalue weighted by molar-refractivity contribution is -0.114. The maximum atomic E-state index is 13.2. The summed E-state index contributed by atoms with van der Waals surface area (Å²) in [6.45, 7) is 1.50. The number of carbonyl (C=O) groups excluding carboxylic acids is 2. The van der Waals surface area contributed by atoms with Crippen LogP contribution in [0.5, 0.6) is 0 Å². The summed E-state index contributed by atoms with van der Waals surface area (Å²) >= 11 is 0. The smallest absolute Gasteiger partial charge is 0.300 e. The number of β-amino-alcohol motifs (C(OH)–C–C–N with tert-alkyl or cyclic N) is 1.